The van der Waals surface area contributed by atoms with E-state index in [2.05, 4.69) is 21.2 Å². The Balaban J connectivity index is 2.24. The first-order valence-electron chi connectivity index (χ1n) is 7.60. The summed E-state index contributed by atoms with van der Waals surface area (Å²) in [5, 5.41) is 2.70. The Morgan fingerprint density at radius 2 is 1.56 bits per heavy atom. The molecule has 1 amide bonds. The van der Waals surface area contributed by atoms with Crippen LogP contribution in [0.4, 0.5) is 5.69 Å². The van der Waals surface area contributed by atoms with Gasteiger partial charge in [0.1, 0.15) is 16.0 Å². The fraction of sp³-hybridized carbons (Fsp3) is 0.235. The molecular formula is C17H19BrN2O6S. The minimum atomic E-state index is -3.75. The zero-order chi connectivity index (χ0) is 20.2. The Hall–Kier alpha value is -2.14. The fourth-order valence-electron chi connectivity index (χ4n) is 2.16. The molecule has 2 aromatic carbocycles. The van der Waals surface area contributed by atoms with Gasteiger partial charge in [-0.3, -0.25) is 9.63 Å². The SMILES string of the molecule is COc1cc(C(=O)Nc2ccc(S(=O)(=O)N(C)OC)cc2)cc(OC)c1Br. The van der Waals surface area contributed by atoms with Crippen LogP contribution >= 0.6 is 15.9 Å². The summed E-state index contributed by atoms with van der Waals surface area (Å²) in [5.74, 6) is 0.496. The van der Waals surface area contributed by atoms with Gasteiger partial charge < -0.3 is 14.8 Å². The van der Waals surface area contributed by atoms with E-state index in [1.54, 1.807) is 12.1 Å². The molecule has 0 heterocycles. The normalized spacial score (nSPS) is 11.3. The van der Waals surface area contributed by atoms with Gasteiger partial charge in [-0.2, -0.15) is 0 Å². The summed E-state index contributed by atoms with van der Waals surface area (Å²) in [4.78, 5) is 17.3. The quantitative estimate of drug-likeness (QED) is 0.640. The van der Waals surface area contributed by atoms with Gasteiger partial charge in [-0.1, -0.05) is 4.47 Å². The van der Waals surface area contributed by atoms with Crippen molar-refractivity contribution in [1.29, 1.82) is 0 Å². The van der Waals surface area contributed by atoms with Gasteiger partial charge in [-0.05, 0) is 52.3 Å². The number of halogens is 1. The topological polar surface area (TPSA) is 94.2 Å². The first kappa shape index (κ1) is 21.2. The molecule has 0 fully saturated rings. The molecule has 0 atom stereocenters. The molecule has 0 spiro atoms. The van der Waals surface area contributed by atoms with Crippen LogP contribution < -0.4 is 14.8 Å². The van der Waals surface area contributed by atoms with Crippen molar-refractivity contribution in [3.8, 4) is 11.5 Å². The van der Waals surface area contributed by atoms with Gasteiger partial charge in [0.15, 0.2) is 0 Å². The molecule has 2 rings (SSSR count). The van der Waals surface area contributed by atoms with Gasteiger partial charge in [0, 0.05) is 18.3 Å². The third kappa shape index (κ3) is 4.59. The lowest BCUT2D eigenvalue weighted by atomic mass is 10.1. The van der Waals surface area contributed by atoms with Crippen LogP contribution in [-0.2, 0) is 14.9 Å². The van der Waals surface area contributed by atoms with Crippen LogP contribution in [0.15, 0.2) is 45.8 Å². The molecule has 0 saturated carbocycles. The zero-order valence-electron chi connectivity index (χ0n) is 15.1. The number of benzene rings is 2. The van der Waals surface area contributed by atoms with E-state index >= 15 is 0 Å². The molecule has 0 bridgehead atoms. The number of carbonyl (C=O) groups excluding carboxylic acids is 1. The molecule has 8 nitrogen and oxygen atoms in total. The van der Waals surface area contributed by atoms with Crippen molar-refractivity contribution in [3.63, 3.8) is 0 Å². The maximum absolute atomic E-state index is 12.5. The molecule has 0 aliphatic carbocycles. The van der Waals surface area contributed by atoms with Crippen molar-refractivity contribution >= 4 is 37.5 Å². The molecule has 0 aromatic heterocycles. The van der Waals surface area contributed by atoms with Crippen LogP contribution in [0.5, 0.6) is 11.5 Å². The highest BCUT2D eigenvalue weighted by molar-refractivity contribution is 9.10. The van der Waals surface area contributed by atoms with E-state index in [1.807, 2.05) is 0 Å². The van der Waals surface area contributed by atoms with E-state index in [4.69, 9.17) is 14.3 Å². The zero-order valence-corrected chi connectivity index (χ0v) is 17.5. The smallest absolute Gasteiger partial charge is 0.264 e. The number of hydrogen-bond acceptors (Lipinski definition) is 6. The highest BCUT2D eigenvalue weighted by atomic mass is 79.9. The molecule has 0 unspecified atom stereocenters. The van der Waals surface area contributed by atoms with Crippen LogP contribution in [0.3, 0.4) is 0 Å². The van der Waals surface area contributed by atoms with Crippen molar-refractivity contribution in [2.24, 2.45) is 0 Å². The Bertz CT molecular complexity index is 906. The minimum Gasteiger partial charge on any atom is -0.495 e. The van der Waals surface area contributed by atoms with E-state index in [-0.39, 0.29) is 4.90 Å². The number of amides is 1. The van der Waals surface area contributed by atoms with Crippen molar-refractivity contribution in [1.82, 2.24) is 4.47 Å². The van der Waals surface area contributed by atoms with Crippen LogP contribution in [0.2, 0.25) is 0 Å². The number of nitrogens with one attached hydrogen (secondary N) is 1. The summed E-state index contributed by atoms with van der Waals surface area (Å²) in [5.41, 5.74) is 0.752. The summed E-state index contributed by atoms with van der Waals surface area (Å²) in [6.45, 7) is 0. The number of rotatable bonds is 7. The summed E-state index contributed by atoms with van der Waals surface area (Å²) in [6, 6.07) is 8.86. The van der Waals surface area contributed by atoms with Crippen molar-refractivity contribution in [3.05, 3.63) is 46.4 Å². The molecule has 2 aromatic rings. The second-order valence-electron chi connectivity index (χ2n) is 5.27. The largest absolute Gasteiger partial charge is 0.495 e. The standard InChI is InChI=1S/C17H19BrN2O6S/c1-20(26-4)27(22,23)13-7-5-12(6-8-13)19-17(21)11-9-14(24-2)16(18)15(10-11)25-3/h5-10H,1-4H3,(H,19,21). The molecule has 0 aliphatic heterocycles. The van der Waals surface area contributed by atoms with Gasteiger partial charge in [0.25, 0.3) is 15.9 Å². The predicted molar refractivity (Wildman–Crippen MR) is 104 cm³/mol. The van der Waals surface area contributed by atoms with Crippen LogP contribution in [0.1, 0.15) is 10.4 Å². The summed E-state index contributed by atoms with van der Waals surface area (Å²) in [7, 11) is 1.77. The molecule has 1 N–H and O–H groups in total. The number of sulfonamides is 1. The van der Waals surface area contributed by atoms with Crippen molar-refractivity contribution in [2.75, 3.05) is 33.7 Å². The van der Waals surface area contributed by atoms with E-state index in [9.17, 15) is 13.2 Å². The number of ether oxygens (including phenoxy) is 2. The molecular weight excluding hydrogens is 440 g/mol. The Morgan fingerprint density at radius 1 is 1.04 bits per heavy atom. The molecule has 27 heavy (non-hydrogen) atoms. The number of hydrogen-bond donors (Lipinski definition) is 1. The van der Waals surface area contributed by atoms with Gasteiger partial charge in [-0.25, -0.2) is 8.42 Å². The molecule has 0 aliphatic rings. The lowest BCUT2D eigenvalue weighted by molar-refractivity contribution is -0.0258. The first-order chi connectivity index (χ1) is 12.7. The lowest BCUT2D eigenvalue weighted by Gasteiger charge is -2.14. The number of hydroxylamine groups is 1. The molecule has 146 valence electrons. The third-order valence-electron chi connectivity index (χ3n) is 3.71. The number of anilines is 1. The van der Waals surface area contributed by atoms with Crippen molar-refractivity contribution < 1.29 is 27.5 Å². The second-order valence-corrected chi connectivity index (χ2v) is 8.00. The number of methoxy groups -OCH3 is 2. The fourth-order valence-corrected chi connectivity index (χ4v) is 3.69. The number of carbonyl (C=O) groups is 1. The Morgan fingerprint density at radius 3 is 2.00 bits per heavy atom. The van der Waals surface area contributed by atoms with E-state index in [0.29, 0.717) is 27.2 Å². The first-order valence-corrected chi connectivity index (χ1v) is 9.84. The van der Waals surface area contributed by atoms with E-state index in [0.717, 1.165) is 4.47 Å². The Kier molecular flexibility index (Phi) is 6.82. The molecule has 10 heteroatoms. The van der Waals surface area contributed by atoms with Gasteiger partial charge in [0.05, 0.1) is 26.2 Å². The Labute approximate surface area is 166 Å². The van der Waals surface area contributed by atoms with E-state index < -0.39 is 15.9 Å². The summed E-state index contributed by atoms with van der Waals surface area (Å²) < 4.78 is 36.1. The van der Waals surface area contributed by atoms with Gasteiger partial charge >= 0.3 is 0 Å². The van der Waals surface area contributed by atoms with Crippen LogP contribution in [-0.4, -0.2) is 47.2 Å². The predicted octanol–water partition coefficient (Wildman–Crippen LogP) is 2.90. The number of nitrogens with zero attached hydrogens (tertiary/aromatic N) is 1. The summed E-state index contributed by atoms with van der Waals surface area (Å²) in [6.07, 6.45) is 0. The monoisotopic (exact) mass is 458 g/mol. The van der Waals surface area contributed by atoms with Gasteiger partial charge in [-0.15, -0.1) is 0 Å². The average Bonchev–Trinajstić information content (AvgIpc) is 2.67. The summed E-state index contributed by atoms with van der Waals surface area (Å²) >= 11 is 3.34. The maximum Gasteiger partial charge on any atom is 0.264 e. The van der Waals surface area contributed by atoms with Crippen LogP contribution in [0, 0.1) is 0 Å². The highest BCUT2D eigenvalue weighted by Crippen LogP contribution is 2.35. The third-order valence-corrected chi connectivity index (χ3v) is 6.19. The van der Waals surface area contributed by atoms with Gasteiger partial charge in [0.2, 0.25) is 0 Å². The second kappa shape index (κ2) is 8.70. The van der Waals surface area contributed by atoms with E-state index in [1.165, 1.54) is 52.6 Å². The minimum absolute atomic E-state index is 0.0387. The molecule has 0 radical (unpaired) electrons. The average molecular weight is 459 g/mol. The molecule has 0 saturated heterocycles. The van der Waals surface area contributed by atoms with Crippen LogP contribution in [0.25, 0.3) is 0 Å². The lowest BCUT2D eigenvalue weighted by Crippen LogP contribution is -2.25. The maximum atomic E-state index is 12.5. The highest BCUT2D eigenvalue weighted by Gasteiger charge is 2.21. The van der Waals surface area contributed by atoms with Crippen molar-refractivity contribution in [2.45, 2.75) is 4.90 Å².